The van der Waals surface area contributed by atoms with E-state index < -0.39 is 5.97 Å². The highest BCUT2D eigenvalue weighted by atomic mass is 16.5. The highest BCUT2D eigenvalue weighted by Gasteiger charge is 2.18. The van der Waals surface area contributed by atoms with Crippen molar-refractivity contribution >= 4 is 12.0 Å². The van der Waals surface area contributed by atoms with Crippen molar-refractivity contribution in [2.75, 3.05) is 26.8 Å². The molecule has 0 unspecified atom stereocenters. The summed E-state index contributed by atoms with van der Waals surface area (Å²) < 4.78 is 5.03. The number of methoxy groups -OCH3 is 1. The summed E-state index contributed by atoms with van der Waals surface area (Å²) in [5.74, 6) is -0.769. The zero-order valence-electron chi connectivity index (χ0n) is 12.8. The van der Waals surface area contributed by atoms with Gasteiger partial charge < -0.3 is 20.5 Å². The van der Waals surface area contributed by atoms with Gasteiger partial charge in [-0.3, -0.25) is 4.79 Å². The van der Waals surface area contributed by atoms with Crippen molar-refractivity contribution < 1.29 is 19.4 Å². The van der Waals surface area contributed by atoms with E-state index in [9.17, 15) is 9.59 Å². The first-order valence-electron chi connectivity index (χ1n) is 7.10. The zero-order chi connectivity index (χ0) is 15.4. The van der Waals surface area contributed by atoms with Gasteiger partial charge in [0.25, 0.3) is 0 Å². The molecule has 0 aliphatic heterocycles. The summed E-state index contributed by atoms with van der Waals surface area (Å²) in [6, 6.07) is -0.172. The lowest BCUT2D eigenvalue weighted by atomic mass is 9.90. The molecule has 0 aromatic heterocycles. The van der Waals surface area contributed by atoms with Crippen molar-refractivity contribution in [2.45, 2.75) is 46.0 Å². The van der Waals surface area contributed by atoms with Gasteiger partial charge >= 0.3 is 12.0 Å². The fourth-order valence-corrected chi connectivity index (χ4v) is 1.63. The molecule has 20 heavy (non-hydrogen) atoms. The van der Waals surface area contributed by atoms with Gasteiger partial charge in [0.15, 0.2) is 0 Å². The highest BCUT2D eigenvalue weighted by Crippen LogP contribution is 2.18. The van der Waals surface area contributed by atoms with Gasteiger partial charge in [0.2, 0.25) is 0 Å². The van der Waals surface area contributed by atoms with Crippen LogP contribution in [0.5, 0.6) is 0 Å². The van der Waals surface area contributed by atoms with Gasteiger partial charge in [-0.25, -0.2) is 4.79 Å². The van der Waals surface area contributed by atoms with Gasteiger partial charge in [-0.15, -0.1) is 0 Å². The van der Waals surface area contributed by atoms with Gasteiger partial charge in [0.05, 0.1) is 0 Å². The minimum absolute atomic E-state index is 0.00877. The number of aliphatic carboxylic acids is 1. The predicted molar refractivity (Wildman–Crippen MR) is 77.8 cm³/mol. The quantitative estimate of drug-likeness (QED) is 0.507. The topological polar surface area (TPSA) is 87.7 Å². The van der Waals surface area contributed by atoms with Crippen molar-refractivity contribution in [1.29, 1.82) is 0 Å². The number of carboxylic acid groups (broad SMARTS) is 1. The number of amides is 2. The number of carbonyl (C=O) groups excluding carboxylic acids is 1. The van der Waals surface area contributed by atoms with Crippen LogP contribution in [0.2, 0.25) is 0 Å². The van der Waals surface area contributed by atoms with Crippen molar-refractivity contribution in [3.8, 4) is 0 Å². The van der Waals surface area contributed by atoms with Crippen LogP contribution >= 0.6 is 0 Å². The molecule has 3 N–H and O–H groups in total. The maximum atomic E-state index is 11.6. The summed E-state index contributed by atoms with van der Waals surface area (Å²) in [6.45, 7) is 6.02. The Kier molecular flexibility index (Phi) is 9.80. The zero-order valence-corrected chi connectivity index (χ0v) is 12.8. The molecular weight excluding hydrogens is 260 g/mol. The molecular formula is C14H28N2O4. The molecule has 0 radical (unpaired) electrons. The largest absolute Gasteiger partial charge is 0.481 e. The monoisotopic (exact) mass is 288 g/mol. The van der Waals surface area contributed by atoms with Crippen molar-refractivity contribution in [2.24, 2.45) is 5.41 Å². The Bertz CT molecular complexity index is 293. The first-order valence-corrected chi connectivity index (χ1v) is 7.10. The molecule has 0 aromatic carbocycles. The van der Waals surface area contributed by atoms with Crippen molar-refractivity contribution in [1.82, 2.24) is 10.6 Å². The first kappa shape index (κ1) is 18.7. The van der Waals surface area contributed by atoms with E-state index in [2.05, 4.69) is 24.5 Å². The van der Waals surface area contributed by atoms with Gasteiger partial charge in [-0.2, -0.15) is 0 Å². The summed E-state index contributed by atoms with van der Waals surface area (Å²) in [5, 5.41) is 14.1. The van der Waals surface area contributed by atoms with Gasteiger partial charge in [-0.05, 0) is 24.7 Å². The Morgan fingerprint density at radius 3 is 2.45 bits per heavy atom. The molecule has 0 rings (SSSR count). The lowest BCUT2D eigenvalue weighted by molar-refractivity contribution is -0.137. The van der Waals surface area contributed by atoms with E-state index in [1.165, 1.54) is 0 Å². The van der Waals surface area contributed by atoms with Crippen LogP contribution in [-0.4, -0.2) is 43.9 Å². The number of urea groups is 1. The second-order valence-electron chi connectivity index (χ2n) is 5.72. The van der Waals surface area contributed by atoms with Gasteiger partial charge in [0, 0.05) is 33.2 Å². The van der Waals surface area contributed by atoms with Crippen LogP contribution in [0, 0.1) is 5.41 Å². The molecule has 0 spiro atoms. The van der Waals surface area contributed by atoms with Crippen LogP contribution in [0.25, 0.3) is 0 Å². The van der Waals surface area contributed by atoms with Crippen LogP contribution in [0.1, 0.15) is 46.0 Å². The fraction of sp³-hybridized carbons (Fsp3) is 0.857. The lowest BCUT2D eigenvalue weighted by Gasteiger charge is -2.24. The molecule has 0 heterocycles. The molecule has 0 aliphatic carbocycles. The van der Waals surface area contributed by atoms with E-state index in [0.717, 1.165) is 19.3 Å². The van der Waals surface area contributed by atoms with Gasteiger partial charge in [-0.1, -0.05) is 20.3 Å². The average Bonchev–Trinajstić information content (AvgIpc) is 2.38. The third-order valence-electron chi connectivity index (χ3n) is 3.06. The summed E-state index contributed by atoms with van der Waals surface area (Å²) in [6.07, 6.45) is 3.35. The molecule has 118 valence electrons. The second-order valence-corrected chi connectivity index (χ2v) is 5.72. The number of unbranched alkanes of at least 4 members (excludes halogenated alkanes) is 2. The highest BCUT2D eigenvalue weighted by molar-refractivity contribution is 5.73. The van der Waals surface area contributed by atoms with E-state index in [0.29, 0.717) is 26.1 Å². The second kappa shape index (κ2) is 10.5. The molecule has 0 fully saturated rings. The lowest BCUT2D eigenvalue weighted by Crippen LogP contribution is -2.41. The summed E-state index contributed by atoms with van der Waals surface area (Å²) in [5.41, 5.74) is 0.00877. The first-order chi connectivity index (χ1) is 9.37. The van der Waals surface area contributed by atoms with E-state index in [1.54, 1.807) is 7.11 Å². The molecule has 6 nitrogen and oxygen atoms in total. The standard InChI is InChI=1S/C14H28N2O4/c1-14(2,8-10-20-3)11-16-13(19)15-9-6-4-5-7-12(17)18/h4-11H2,1-3H3,(H,17,18)(H2,15,16,19). The molecule has 0 bridgehead atoms. The number of carbonyl (C=O) groups is 2. The number of hydrogen-bond acceptors (Lipinski definition) is 3. The van der Waals surface area contributed by atoms with Crippen molar-refractivity contribution in [3.63, 3.8) is 0 Å². The number of ether oxygens (including phenoxy) is 1. The van der Waals surface area contributed by atoms with Crippen LogP contribution < -0.4 is 10.6 Å². The molecule has 0 saturated carbocycles. The van der Waals surface area contributed by atoms with Crippen molar-refractivity contribution in [3.05, 3.63) is 0 Å². The molecule has 2 amide bonds. The number of hydrogen-bond donors (Lipinski definition) is 3. The Labute approximate surface area is 121 Å². The number of carboxylic acids is 1. The van der Waals surface area contributed by atoms with E-state index in [-0.39, 0.29) is 17.9 Å². The Morgan fingerprint density at radius 2 is 1.85 bits per heavy atom. The molecule has 0 aliphatic rings. The van der Waals surface area contributed by atoms with E-state index in [1.807, 2.05) is 0 Å². The SMILES string of the molecule is COCCC(C)(C)CNC(=O)NCCCCCC(=O)O. The Morgan fingerprint density at radius 1 is 1.15 bits per heavy atom. The van der Waals surface area contributed by atoms with E-state index >= 15 is 0 Å². The third kappa shape index (κ3) is 11.8. The maximum Gasteiger partial charge on any atom is 0.314 e. The van der Waals surface area contributed by atoms with Crippen LogP contribution in [0.15, 0.2) is 0 Å². The fourth-order valence-electron chi connectivity index (χ4n) is 1.63. The van der Waals surface area contributed by atoms with Crippen LogP contribution in [0.4, 0.5) is 4.79 Å². The number of rotatable bonds is 11. The summed E-state index contributed by atoms with van der Waals surface area (Å²) in [7, 11) is 1.67. The molecule has 6 heteroatoms. The normalized spacial score (nSPS) is 11.2. The summed E-state index contributed by atoms with van der Waals surface area (Å²) in [4.78, 5) is 21.9. The van der Waals surface area contributed by atoms with E-state index in [4.69, 9.17) is 9.84 Å². The Hall–Kier alpha value is -1.30. The number of nitrogens with one attached hydrogen (secondary N) is 2. The van der Waals surface area contributed by atoms with Crippen LogP contribution in [-0.2, 0) is 9.53 Å². The third-order valence-corrected chi connectivity index (χ3v) is 3.06. The Balaban J connectivity index is 3.56. The summed E-state index contributed by atoms with van der Waals surface area (Å²) >= 11 is 0. The maximum absolute atomic E-state index is 11.6. The minimum Gasteiger partial charge on any atom is -0.481 e. The van der Waals surface area contributed by atoms with Gasteiger partial charge in [0.1, 0.15) is 0 Å². The average molecular weight is 288 g/mol. The molecule has 0 saturated heterocycles. The molecule has 0 atom stereocenters. The van der Waals surface area contributed by atoms with Crippen LogP contribution in [0.3, 0.4) is 0 Å². The minimum atomic E-state index is -0.769. The predicted octanol–water partition coefficient (Wildman–Crippen LogP) is 1.99. The smallest absolute Gasteiger partial charge is 0.314 e. The molecule has 0 aromatic rings.